The lowest BCUT2D eigenvalue weighted by Crippen LogP contribution is -2.26. The fourth-order valence-electron chi connectivity index (χ4n) is 2.83. The Balaban J connectivity index is 1.61. The summed E-state index contributed by atoms with van der Waals surface area (Å²) in [5, 5.41) is 10.1. The van der Waals surface area contributed by atoms with E-state index >= 15 is 0 Å². The number of carbonyl (C=O) groups is 2. The van der Waals surface area contributed by atoms with E-state index in [1.165, 1.54) is 10.7 Å². The number of halogens is 1. The number of para-hydroxylation sites is 1. The summed E-state index contributed by atoms with van der Waals surface area (Å²) in [5.41, 5.74) is 1.56. The standard InChI is InChI=1S/C21H21ClN4O3/c1-26-19(24-20(27)15-8-4-5-9-16(15)22)13-17(25-26)21(28)23-12-11-14-7-3-6-10-18(14)29-2/h3-10,13H,11-12H2,1-2H3,(H,23,28)(H,24,27). The van der Waals surface area contributed by atoms with Crippen LogP contribution in [0.5, 0.6) is 5.75 Å². The van der Waals surface area contributed by atoms with Gasteiger partial charge < -0.3 is 15.4 Å². The number of anilines is 1. The molecule has 0 aliphatic carbocycles. The van der Waals surface area contributed by atoms with Crippen molar-refractivity contribution in [3.63, 3.8) is 0 Å². The van der Waals surface area contributed by atoms with Crippen molar-refractivity contribution in [1.82, 2.24) is 15.1 Å². The zero-order chi connectivity index (χ0) is 20.8. The third-order valence-electron chi connectivity index (χ3n) is 4.34. The maximum Gasteiger partial charge on any atom is 0.271 e. The van der Waals surface area contributed by atoms with Gasteiger partial charge in [0.05, 0.1) is 17.7 Å². The van der Waals surface area contributed by atoms with Crippen molar-refractivity contribution in [2.75, 3.05) is 19.0 Å². The van der Waals surface area contributed by atoms with Crippen LogP contribution in [-0.4, -0.2) is 35.2 Å². The highest BCUT2D eigenvalue weighted by molar-refractivity contribution is 6.34. The zero-order valence-corrected chi connectivity index (χ0v) is 16.9. The minimum absolute atomic E-state index is 0.210. The van der Waals surface area contributed by atoms with Gasteiger partial charge in [-0.2, -0.15) is 5.10 Å². The number of carbonyl (C=O) groups excluding carboxylic acids is 2. The van der Waals surface area contributed by atoms with Crippen LogP contribution in [0.25, 0.3) is 0 Å². The average molecular weight is 413 g/mol. The molecule has 3 aromatic rings. The maximum absolute atomic E-state index is 12.4. The van der Waals surface area contributed by atoms with E-state index in [2.05, 4.69) is 15.7 Å². The van der Waals surface area contributed by atoms with Crippen LogP contribution >= 0.6 is 11.6 Å². The molecule has 0 spiro atoms. The molecule has 3 rings (SSSR count). The van der Waals surface area contributed by atoms with Crippen LogP contribution in [0.4, 0.5) is 5.82 Å². The quantitative estimate of drug-likeness (QED) is 0.623. The highest BCUT2D eigenvalue weighted by Crippen LogP contribution is 2.18. The van der Waals surface area contributed by atoms with Gasteiger partial charge in [0.1, 0.15) is 11.6 Å². The van der Waals surface area contributed by atoms with Gasteiger partial charge in [0, 0.05) is 19.7 Å². The summed E-state index contributed by atoms with van der Waals surface area (Å²) in [4.78, 5) is 24.8. The van der Waals surface area contributed by atoms with E-state index in [-0.39, 0.29) is 17.5 Å². The molecule has 1 heterocycles. The van der Waals surface area contributed by atoms with Gasteiger partial charge in [-0.25, -0.2) is 0 Å². The number of ether oxygens (including phenoxy) is 1. The Hall–Kier alpha value is -3.32. The van der Waals surface area contributed by atoms with E-state index in [1.54, 1.807) is 38.4 Å². The molecule has 0 radical (unpaired) electrons. The third-order valence-corrected chi connectivity index (χ3v) is 4.67. The van der Waals surface area contributed by atoms with Gasteiger partial charge >= 0.3 is 0 Å². The van der Waals surface area contributed by atoms with Gasteiger partial charge in [-0.3, -0.25) is 14.3 Å². The molecule has 0 unspecified atom stereocenters. The highest BCUT2D eigenvalue weighted by atomic mass is 35.5. The molecule has 0 bridgehead atoms. The van der Waals surface area contributed by atoms with Crippen molar-refractivity contribution in [1.29, 1.82) is 0 Å². The number of aryl methyl sites for hydroxylation is 1. The molecule has 1 aromatic heterocycles. The summed E-state index contributed by atoms with van der Waals surface area (Å²) in [6.07, 6.45) is 0.624. The Kier molecular flexibility index (Phi) is 6.51. The van der Waals surface area contributed by atoms with Crippen molar-refractivity contribution in [3.8, 4) is 5.75 Å². The molecule has 0 saturated heterocycles. The number of methoxy groups -OCH3 is 1. The summed E-state index contributed by atoms with van der Waals surface area (Å²) < 4.78 is 6.74. The van der Waals surface area contributed by atoms with Gasteiger partial charge in [-0.1, -0.05) is 41.9 Å². The lowest BCUT2D eigenvalue weighted by molar-refractivity contribution is 0.0947. The Morgan fingerprint density at radius 1 is 1.10 bits per heavy atom. The molecule has 7 nitrogen and oxygen atoms in total. The molecule has 2 amide bonds. The molecule has 2 aromatic carbocycles. The first-order valence-corrected chi connectivity index (χ1v) is 9.37. The Morgan fingerprint density at radius 3 is 2.59 bits per heavy atom. The van der Waals surface area contributed by atoms with E-state index in [0.29, 0.717) is 29.4 Å². The normalized spacial score (nSPS) is 10.4. The largest absolute Gasteiger partial charge is 0.496 e. The topological polar surface area (TPSA) is 85.3 Å². The number of nitrogens with one attached hydrogen (secondary N) is 2. The van der Waals surface area contributed by atoms with Gasteiger partial charge in [0.15, 0.2) is 5.69 Å². The van der Waals surface area contributed by atoms with E-state index < -0.39 is 0 Å². The number of hydrogen-bond donors (Lipinski definition) is 2. The molecule has 0 saturated carbocycles. The fourth-order valence-corrected chi connectivity index (χ4v) is 3.06. The van der Waals surface area contributed by atoms with E-state index in [9.17, 15) is 9.59 Å². The van der Waals surface area contributed by atoms with Gasteiger partial charge in [0.2, 0.25) is 0 Å². The molecule has 150 valence electrons. The monoisotopic (exact) mass is 412 g/mol. The number of aromatic nitrogens is 2. The molecular formula is C21H21ClN4O3. The second-order valence-electron chi connectivity index (χ2n) is 6.29. The summed E-state index contributed by atoms with van der Waals surface area (Å²) in [7, 11) is 3.26. The highest BCUT2D eigenvalue weighted by Gasteiger charge is 2.16. The summed E-state index contributed by atoms with van der Waals surface area (Å²) in [6.45, 7) is 0.428. The summed E-state index contributed by atoms with van der Waals surface area (Å²) in [6, 6.07) is 15.9. The van der Waals surface area contributed by atoms with Crippen molar-refractivity contribution >= 4 is 29.2 Å². The van der Waals surface area contributed by atoms with E-state index in [0.717, 1.165) is 11.3 Å². The van der Waals surface area contributed by atoms with Crippen LogP contribution in [0.2, 0.25) is 5.02 Å². The van der Waals surface area contributed by atoms with Crippen LogP contribution in [-0.2, 0) is 13.5 Å². The van der Waals surface area contributed by atoms with Gasteiger partial charge in [-0.05, 0) is 30.2 Å². The predicted octanol–water partition coefficient (Wildman–Crippen LogP) is 3.31. The first kappa shape index (κ1) is 20.4. The number of hydrogen-bond acceptors (Lipinski definition) is 4. The molecule has 2 N–H and O–H groups in total. The van der Waals surface area contributed by atoms with Crippen LogP contribution in [0.3, 0.4) is 0 Å². The molecule has 29 heavy (non-hydrogen) atoms. The fraction of sp³-hybridized carbons (Fsp3) is 0.190. The van der Waals surface area contributed by atoms with Gasteiger partial charge in [0.25, 0.3) is 11.8 Å². The molecule has 0 aliphatic heterocycles. The summed E-state index contributed by atoms with van der Waals surface area (Å²) >= 11 is 6.05. The smallest absolute Gasteiger partial charge is 0.271 e. The number of nitrogens with zero attached hydrogens (tertiary/aromatic N) is 2. The Bertz CT molecular complexity index is 1030. The summed E-state index contributed by atoms with van der Waals surface area (Å²) in [5.74, 6) is 0.476. The maximum atomic E-state index is 12.4. The van der Waals surface area contributed by atoms with Crippen LogP contribution in [0, 0.1) is 0 Å². The van der Waals surface area contributed by atoms with Crippen molar-refractivity contribution in [3.05, 3.63) is 76.4 Å². The minimum Gasteiger partial charge on any atom is -0.496 e. The number of rotatable bonds is 7. The first-order chi connectivity index (χ1) is 14.0. The second kappa shape index (κ2) is 9.25. The molecule has 0 aliphatic rings. The van der Waals surface area contributed by atoms with E-state index in [4.69, 9.17) is 16.3 Å². The van der Waals surface area contributed by atoms with E-state index in [1.807, 2.05) is 24.3 Å². The molecule has 8 heteroatoms. The predicted molar refractivity (Wildman–Crippen MR) is 112 cm³/mol. The van der Waals surface area contributed by atoms with Crippen LogP contribution in [0.15, 0.2) is 54.6 Å². The lowest BCUT2D eigenvalue weighted by atomic mass is 10.1. The van der Waals surface area contributed by atoms with Crippen molar-refractivity contribution in [2.24, 2.45) is 7.05 Å². The third kappa shape index (κ3) is 4.94. The molecule has 0 atom stereocenters. The van der Waals surface area contributed by atoms with Crippen LogP contribution in [0.1, 0.15) is 26.4 Å². The Morgan fingerprint density at radius 2 is 1.83 bits per heavy atom. The van der Waals surface area contributed by atoms with Gasteiger partial charge in [-0.15, -0.1) is 0 Å². The lowest BCUT2D eigenvalue weighted by Gasteiger charge is -2.08. The Labute approximate surface area is 173 Å². The minimum atomic E-state index is -0.373. The number of amides is 2. The first-order valence-electron chi connectivity index (χ1n) is 8.99. The zero-order valence-electron chi connectivity index (χ0n) is 16.1. The van der Waals surface area contributed by atoms with Crippen LogP contribution < -0.4 is 15.4 Å². The second-order valence-corrected chi connectivity index (χ2v) is 6.70. The molecule has 0 fully saturated rings. The van der Waals surface area contributed by atoms with Crippen molar-refractivity contribution < 1.29 is 14.3 Å². The SMILES string of the molecule is COc1ccccc1CCNC(=O)c1cc(NC(=O)c2ccccc2Cl)n(C)n1. The van der Waals surface area contributed by atoms with Crippen molar-refractivity contribution in [2.45, 2.75) is 6.42 Å². The number of benzene rings is 2. The molecular weight excluding hydrogens is 392 g/mol. The average Bonchev–Trinajstić information content (AvgIpc) is 3.09.